The molecular formula is C21H23N3O5S. The fourth-order valence-corrected chi connectivity index (χ4v) is 3.96. The van der Waals surface area contributed by atoms with Crippen molar-refractivity contribution < 1.29 is 22.7 Å². The van der Waals surface area contributed by atoms with Crippen molar-refractivity contribution in [2.75, 3.05) is 25.1 Å². The molecule has 30 heavy (non-hydrogen) atoms. The van der Waals surface area contributed by atoms with Gasteiger partial charge >= 0.3 is 0 Å². The van der Waals surface area contributed by atoms with Gasteiger partial charge in [-0.05, 0) is 36.2 Å². The summed E-state index contributed by atoms with van der Waals surface area (Å²) in [5, 5.41) is 11.4. The Morgan fingerprint density at radius 1 is 1.07 bits per heavy atom. The molecule has 0 atom stereocenters. The average molecular weight is 429 g/mol. The van der Waals surface area contributed by atoms with E-state index in [0.29, 0.717) is 43.2 Å². The molecule has 0 saturated heterocycles. The predicted octanol–water partition coefficient (Wildman–Crippen LogP) is 2.61. The molecule has 1 heterocycles. The summed E-state index contributed by atoms with van der Waals surface area (Å²) in [6.07, 6.45) is 1.57. The first-order valence-electron chi connectivity index (χ1n) is 9.63. The molecular weight excluding hydrogens is 406 g/mol. The molecule has 1 aliphatic heterocycles. The zero-order valence-corrected chi connectivity index (χ0v) is 17.2. The summed E-state index contributed by atoms with van der Waals surface area (Å²) >= 11 is 0. The smallest absolute Gasteiger partial charge is 0.240 e. The number of anilines is 1. The van der Waals surface area contributed by atoms with E-state index in [0.717, 1.165) is 12.0 Å². The van der Waals surface area contributed by atoms with Crippen molar-refractivity contribution in [3.05, 3.63) is 48.0 Å². The van der Waals surface area contributed by atoms with E-state index in [1.165, 1.54) is 12.1 Å². The molecule has 0 fully saturated rings. The highest BCUT2D eigenvalue weighted by Crippen LogP contribution is 2.31. The second kappa shape index (κ2) is 10.1. The van der Waals surface area contributed by atoms with Crippen molar-refractivity contribution >= 4 is 21.6 Å². The van der Waals surface area contributed by atoms with Crippen LogP contribution in [0.15, 0.2) is 47.4 Å². The summed E-state index contributed by atoms with van der Waals surface area (Å²) in [7, 11) is -3.72. The van der Waals surface area contributed by atoms with Gasteiger partial charge in [0.05, 0.1) is 30.6 Å². The fraction of sp³-hybridized carbons (Fsp3) is 0.333. The van der Waals surface area contributed by atoms with E-state index in [1.807, 2.05) is 0 Å². The monoisotopic (exact) mass is 429 g/mol. The molecule has 8 nitrogen and oxygen atoms in total. The molecule has 0 radical (unpaired) electrons. The van der Waals surface area contributed by atoms with Crippen LogP contribution in [-0.4, -0.2) is 34.1 Å². The minimum Gasteiger partial charge on any atom is -0.490 e. The number of carbonyl (C=O) groups excluding carboxylic acids is 1. The average Bonchev–Trinajstić information content (AvgIpc) is 2.98. The Balaban J connectivity index is 1.46. The lowest BCUT2D eigenvalue weighted by Crippen LogP contribution is -2.25. The Morgan fingerprint density at radius 2 is 1.80 bits per heavy atom. The molecule has 9 heteroatoms. The number of hydrogen-bond acceptors (Lipinski definition) is 6. The SMILES string of the molecule is N#CCc1ccc(NC(=O)CCCNS(=O)(=O)c2ccc3c(c2)OCCCO3)cc1. The molecule has 0 spiro atoms. The summed E-state index contributed by atoms with van der Waals surface area (Å²) in [6.45, 7) is 1.13. The van der Waals surface area contributed by atoms with Gasteiger partial charge in [-0.1, -0.05) is 12.1 Å². The molecule has 158 valence electrons. The Hall–Kier alpha value is -3.09. The van der Waals surface area contributed by atoms with Crippen LogP contribution in [0.5, 0.6) is 11.5 Å². The van der Waals surface area contributed by atoms with Gasteiger partial charge < -0.3 is 14.8 Å². The first-order valence-corrected chi connectivity index (χ1v) is 11.1. The predicted molar refractivity (Wildman–Crippen MR) is 111 cm³/mol. The van der Waals surface area contributed by atoms with E-state index < -0.39 is 10.0 Å². The highest BCUT2D eigenvalue weighted by atomic mass is 32.2. The van der Waals surface area contributed by atoms with E-state index in [-0.39, 0.29) is 23.8 Å². The van der Waals surface area contributed by atoms with Crippen LogP contribution in [0.4, 0.5) is 5.69 Å². The van der Waals surface area contributed by atoms with E-state index in [4.69, 9.17) is 14.7 Å². The fourth-order valence-electron chi connectivity index (χ4n) is 2.87. The Bertz CT molecular complexity index is 1030. The van der Waals surface area contributed by atoms with Gasteiger partial charge in [0.25, 0.3) is 0 Å². The van der Waals surface area contributed by atoms with Gasteiger partial charge in [0, 0.05) is 31.1 Å². The van der Waals surface area contributed by atoms with E-state index in [2.05, 4.69) is 16.1 Å². The van der Waals surface area contributed by atoms with E-state index in [1.54, 1.807) is 30.3 Å². The molecule has 0 aromatic heterocycles. The highest BCUT2D eigenvalue weighted by molar-refractivity contribution is 7.89. The third-order valence-corrected chi connectivity index (χ3v) is 5.88. The summed E-state index contributed by atoms with van der Waals surface area (Å²) in [5.41, 5.74) is 1.51. The number of carbonyl (C=O) groups is 1. The third-order valence-electron chi connectivity index (χ3n) is 4.42. The van der Waals surface area contributed by atoms with Gasteiger partial charge in [0.15, 0.2) is 11.5 Å². The third kappa shape index (κ3) is 5.95. The molecule has 2 N–H and O–H groups in total. The number of ether oxygens (including phenoxy) is 2. The highest BCUT2D eigenvalue weighted by Gasteiger charge is 2.18. The van der Waals surface area contributed by atoms with Gasteiger partial charge in [-0.15, -0.1) is 0 Å². The van der Waals surface area contributed by atoms with Crippen molar-refractivity contribution in [1.82, 2.24) is 4.72 Å². The number of benzene rings is 2. The van der Waals surface area contributed by atoms with Gasteiger partial charge in [-0.25, -0.2) is 13.1 Å². The lowest BCUT2D eigenvalue weighted by molar-refractivity contribution is -0.116. The summed E-state index contributed by atoms with van der Waals surface area (Å²) in [4.78, 5) is 12.1. The largest absolute Gasteiger partial charge is 0.490 e. The molecule has 0 saturated carbocycles. The second-order valence-corrected chi connectivity index (χ2v) is 8.51. The van der Waals surface area contributed by atoms with Crippen LogP contribution in [0.3, 0.4) is 0 Å². The summed E-state index contributed by atoms with van der Waals surface area (Å²) in [5.74, 6) is 0.733. The molecule has 0 bridgehead atoms. The molecule has 3 rings (SSSR count). The topological polar surface area (TPSA) is 118 Å². The number of amides is 1. The Morgan fingerprint density at radius 3 is 2.53 bits per heavy atom. The maximum Gasteiger partial charge on any atom is 0.240 e. The van der Waals surface area contributed by atoms with Crippen LogP contribution in [0.2, 0.25) is 0 Å². The molecule has 0 unspecified atom stereocenters. The molecule has 1 amide bonds. The van der Waals surface area contributed by atoms with Gasteiger partial charge in [-0.2, -0.15) is 5.26 Å². The lowest BCUT2D eigenvalue weighted by atomic mass is 10.1. The Labute approximate surface area is 175 Å². The maximum absolute atomic E-state index is 12.5. The van der Waals surface area contributed by atoms with Crippen LogP contribution < -0.4 is 19.5 Å². The minimum atomic E-state index is -3.72. The van der Waals surface area contributed by atoms with Crippen molar-refractivity contribution in [2.45, 2.75) is 30.6 Å². The van der Waals surface area contributed by atoms with Crippen molar-refractivity contribution in [1.29, 1.82) is 5.26 Å². The maximum atomic E-state index is 12.5. The molecule has 1 aliphatic rings. The number of nitrogens with one attached hydrogen (secondary N) is 2. The van der Waals surface area contributed by atoms with Gasteiger partial charge in [0.1, 0.15) is 0 Å². The number of hydrogen-bond donors (Lipinski definition) is 2. The second-order valence-electron chi connectivity index (χ2n) is 6.74. The van der Waals surface area contributed by atoms with Crippen molar-refractivity contribution in [3.63, 3.8) is 0 Å². The van der Waals surface area contributed by atoms with Crippen molar-refractivity contribution in [3.8, 4) is 17.6 Å². The van der Waals surface area contributed by atoms with Crippen LogP contribution in [0.25, 0.3) is 0 Å². The number of nitrogens with zero attached hydrogens (tertiary/aromatic N) is 1. The lowest BCUT2D eigenvalue weighted by Gasteiger charge is -2.11. The molecule has 2 aromatic carbocycles. The van der Waals surface area contributed by atoms with Crippen molar-refractivity contribution in [2.24, 2.45) is 0 Å². The minimum absolute atomic E-state index is 0.0914. The number of nitriles is 1. The number of sulfonamides is 1. The van der Waals surface area contributed by atoms with Crippen LogP contribution in [0, 0.1) is 11.3 Å². The van der Waals surface area contributed by atoms with E-state index in [9.17, 15) is 13.2 Å². The first kappa shape index (κ1) is 21.6. The molecule has 2 aromatic rings. The normalized spacial score (nSPS) is 13.2. The van der Waals surface area contributed by atoms with Crippen LogP contribution in [-0.2, 0) is 21.2 Å². The number of rotatable bonds is 8. The zero-order valence-electron chi connectivity index (χ0n) is 16.4. The quantitative estimate of drug-likeness (QED) is 0.623. The van der Waals surface area contributed by atoms with Gasteiger partial charge in [0.2, 0.25) is 15.9 Å². The van der Waals surface area contributed by atoms with Gasteiger partial charge in [-0.3, -0.25) is 4.79 Å². The van der Waals surface area contributed by atoms with E-state index >= 15 is 0 Å². The summed E-state index contributed by atoms with van der Waals surface area (Å²) < 4.78 is 38.5. The Kier molecular flexibility index (Phi) is 7.27. The van der Waals surface area contributed by atoms with Crippen LogP contribution in [0.1, 0.15) is 24.8 Å². The summed E-state index contributed by atoms with van der Waals surface area (Å²) in [6, 6.07) is 13.6. The number of fused-ring (bicyclic) bond motifs is 1. The first-order chi connectivity index (χ1) is 14.5. The zero-order chi connectivity index (χ0) is 21.4. The standard InChI is InChI=1S/C21H23N3O5S/c22-11-10-16-4-6-17(7-5-16)24-21(25)3-1-12-23-30(26,27)18-8-9-19-20(15-18)29-14-2-13-28-19/h4-9,15,23H,1-3,10,12-14H2,(H,24,25). The molecule has 0 aliphatic carbocycles. The van der Waals surface area contributed by atoms with Crippen LogP contribution >= 0.6 is 0 Å².